The van der Waals surface area contributed by atoms with Crippen LogP contribution in [0.2, 0.25) is 0 Å². The molecule has 3 rings (SSSR count). The number of rotatable bonds is 3. The van der Waals surface area contributed by atoms with Crippen LogP contribution in [-0.2, 0) is 6.54 Å². The van der Waals surface area contributed by atoms with Crippen molar-refractivity contribution in [3.05, 3.63) is 11.8 Å². The van der Waals surface area contributed by atoms with Crippen LogP contribution in [0.4, 0.5) is 8.78 Å². The average Bonchev–Trinajstić information content (AvgIpc) is 2.85. The standard InChI is InChI=1S/C9H11F2N3O/c10-9(11)4-14(5-9)3-7-12-13-8(15-7)6-1-2-6/h6H,1-5H2. The van der Waals surface area contributed by atoms with Crippen molar-refractivity contribution in [2.45, 2.75) is 31.2 Å². The Labute approximate surface area is 85.3 Å². The van der Waals surface area contributed by atoms with Crippen molar-refractivity contribution < 1.29 is 13.2 Å². The molecule has 1 aliphatic heterocycles. The summed E-state index contributed by atoms with van der Waals surface area (Å²) in [5.74, 6) is -0.993. The van der Waals surface area contributed by atoms with Crippen LogP contribution in [0.1, 0.15) is 30.5 Å². The second kappa shape index (κ2) is 2.98. The number of alkyl halides is 2. The van der Waals surface area contributed by atoms with Gasteiger partial charge < -0.3 is 4.42 Å². The summed E-state index contributed by atoms with van der Waals surface area (Å²) in [6.07, 6.45) is 2.20. The molecule has 0 atom stereocenters. The van der Waals surface area contributed by atoms with E-state index in [9.17, 15) is 8.78 Å². The predicted molar refractivity (Wildman–Crippen MR) is 46.5 cm³/mol. The van der Waals surface area contributed by atoms with Crippen molar-refractivity contribution in [2.75, 3.05) is 13.1 Å². The number of halogens is 2. The van der Waals surface area contributed by atoms with E-state index in [0.29, 0.717) is 24.2 Å². The van der Waals surface area contributed by atoms with Crippen LogP contribution in [0.5, 0.6) is 0 Å². The van der Waals surface area contributed by atoms with E-state index in [1.807, 2.05) is 0 Å². The van der Waals surface area contributed by atoms with E-state index in [1.165, 1.54) is 0 Å². The average molecular weight is 215 g/mol. The molecular formula is C9H11F2N3O. The Bertz CT molecular complexity index is 367. The van der Waals surface area contributed by atoms with Gasteiger partial charge in [0.05, 0.1) is 19.6 Å². The maximum absolute atomic E-state index is 12.5. The summed E-state index contributed by atoms with van der Waals surface area (Å²) in [6, 6.07) is 0. The first-order valence-electron chi connectivity index (χ1n) is 5.05. The van der Waals surface area contributed by atoms with Crippen LogP contribution in [-0.4, -0.2) is 34.1 Å². The lowest BCUT2D eigenvalue weighted by Gasteiger charge is -2.37. The SMILES string of the molecule is FC1(F)CN(Cc2nnc(C3CC3)o2)C1. The van der Waals surface area contributed by atoms with Crippen molar-refractivity contribution in [1.29, 1.82) is 0 Å². The third-order valence-electron chi connectivity index (χ3n) is 2.68. The van der Waals surface area contributed by atoms with Gasteiger partial charge in [0.2, 0.25) is 11.8 Å². The van der Waals surface area contributed by atoms with Gasteiger partial charge in [0.25, 0.3) is 5.92 Å². The van der Waals surface area contributed by atoms with Crippen LogP contribution in [0.15, 0.2) is 4.42 Å². The van der Waals surface area contributed by atoms with Gasteiger partial charge in [-0.05, 0) is 12.8 Å². The van der Waals surface area contributed by atoms with Gasteiger partial charge in [-0.3, -0.25) is 4.90 Å². The highest BCUT2D eigenvalue weighted by molar-refractivity contribution is 5.00. The first-order valence-corrected chi connectivity index (χ1v) is 5.05. The predicted octanol–water partition coefficient (Wildman–Crippen LogP) is 1.40. The molecule has 2 heterocycles. The topological polar surface area (TPSA) is 42.2 Å². The molecule has 0 aromatic carbocycles. The zero-order chi connectivity index (χ0) is 10.5. The fourth-order valence-corrected chi connectivity index (χ4v) is 1.74. The van der Waals surface area contributed by atoms with Crippen LogP contribution < -0.4 is 0 Å². The zero-order valence-corrected chi connectivity index (χ0v) is 8.12. The molecule has 15 heavy (non-hydrogen) atoms. The molecule has 0 spiro atoms. The Morgan fingerprint density at radius 1 is 1.33 bits per heavy atom. The van der Waals surface area contributed by atoms with E-state index >= 15 is 0 Å². The van der Waals surface area contributed by atoms with E-state index < -0.39 is 5.92 Å². The minimum Gasteiger partial charge on any atom is -0.424 e. The van der Waals surface area contributed by atoms with Gasteiger partial charge in [0.1, 0.15) is 0 Å². The highest BCUT2D eigenvalue weighted by Crippen LogP contribution is 2.39. The lowest BCUT2D eigenvalue weighted by atomic mass is 10.1. The van der Waals surface area contributed by atoms with Gasteiger partial charge >= 0.3 is 0 Å². The number of likely N-dealkylation sites (tertiary alicyclic amines) is 1. The third kappa shape index (κ3) is 1.86. The Kier molecular flexibility index (Phi) is 1.83. The first-order chi connectivity index (χ1) is 7.12. The van der Waals surface area contributed by atoms with Gasteiger partial charge in [-0.25, -0.2) is 8.78 Å². The molecule has 0 unspecified atom stereocenters. The van der Waals surface area contributed by atoms with E-state index in [4.69, 9.17) is 4.42 Å². The first kappa shape index (κ1) is 9.21. The molecule has 4 nitrogen and oxygen atoms in total. The number of hydrogen-bond donors (Lipinski definition) is 0. The van der Waals surface area contributed by atoms with Crippen LogP contribution in [0.25, 0.3) is 0 Å². The third-order valence-corrected chi connectivity index (χ3v) is 2.68. The fraction of sp³-hybridized carbons (Fsp3) is 0.778. The number of nitrogens with zero attached hydrogens (tertiary/aromatic N) is 3. The zero-order valence-electron chi connectivity index (χ0n) is 8.12. The fourth-order valence-electron chi connectivity index (χ4n) is 1.74. The van der Waals surface area contributed by atoms with Crippen molar-refractivity contribution >= 4 is 0 Å². The Morgan fingerprint density at radius 2 is 2.07 bits per heavy atom. The lowest BCUT2D eigenvalue weighted by molar-refractivity contribution is -0.135. The molecule has 0 amide bonds. The van der Waals surface area contributed by atoms with Crippen LogP contribution in [0.3, 0.4) is 0 Å². The molecule has 0 radical (unpaired) electrons. The summed E-state index contributed by atoms with van der Waals surface area (Å²) in [6.45, 7) is -0.0579. The molecule has 1 aromatic heterocycles. The summed E-state index contributed by atoms with van der Waals surface area (Å²) in [7, 11) is 0. The smallest absolute Gasteiger partial charge is 0.272 e. The van der Waals surface area contributed by atoms with Gasteiger partial charge in [-0.2, -0.15) is 0 Å². The molecule has 1 saturated carbocycles. The van der Waals surface area contributed by atoms with E-state index in [-0.39, 0.29) is 13.1 Å². The summed E-state index contributed by atoms with van der Waals surface area (Å²) < 4.78 is 30.4. The minimum absolute atomic E-state index is 0.200. The molecule has 2 fully saturated rings. The molecule has 2 aliphatic rings. The summed E-state index contributed by atoms with van der Waals surface area (Å²) in [4.78, 5) is 1.60. The van der Waals surface area contributed by atoms with Crippen LogP contribution >= 0.6 is 0 Å². The van der Waals surface area contributed by atoms with E-state index in [1.54, 1.807) is 4.90 Å². The minimum atomic E-state index is -2.53. The molecule has 0 N–H and O–H groups in total. The lowest BCUT2D eigenvalue weighted by Crippen LogP contribution is -2.55. The van der Waals surface area contributed by atoms with Gasteiger partial charge in [-0.1, -0.05) is 0 Å². The normalized spacial score (nSPS) is 25.2. The summed E-state index contributed by atoms with van der Waals surface area (Å²) in [5, 5.41) is 7.74. The summed E-state index contributed by atoms with van der Waals surface area (Å²) in [5.41, 5.74) is 0. The summed E-state index contributed by atoms with van der Waals surface area (Å²) >= 11 is 0. The van der Waals surface area contributed by atoms with Crippen molar-refractivity contribution in [2.24, 2.45) is 0 Å². The second-order valence-corrected chi connectivity index (χ2v) is 4.31. The Balaban J connectivity index is 1.58. The van der Waals surface area contributed by atoms with E-state index in [2.05, 4.69) is 10.2 Å². The van der Waals surface area contributed by atoms with E-state index in [0.717, 1.165) is 12.8 Å². The number of aromatic nitrogens is 2. The maximum atomic E-state index is 12.5. The monoisotopic (exact) mass is 215 g/mol. The molecule has 6 heteroatoms. The number of hydrogen-bond acceptors (Lipinski definition) is 4. The molecule has 0 bridgehead atoms. The quantitative estimate of drug-likeness (QED) is 0.764. The highest BCUT2D eigenvalue weighted by Gasteiger charge is 2.44. The largest absolute Gasteiger partial charge is 0.424 e. The molecule has 82 valence electrons. The molecular weight excluding hydrogens is 204 g/mol. The molecule has 1 aliphatic carbocycles. The Morgan fingerprint density at radius 3 is 2.67 bits per heavy atom. The second-order valence-electron chi connectivity index (χ2n) is 4.31. The molecule has 1 aromatic rings. The van der Waals surface area contributed by atoms with Crippen molar-refractivity contribution in [3.63, 3.8) is 0 Å². The van der Waals surface area contributed by atoms with Crippen molar-refractivity contribution in [3.8, 4) is 0 Å². The molecule has 1 saturated heterocycles. The highest BCUT2D eigenvalue weighted by atomic mass is 19.3. The maximum Gasteiger partial charge on any atom is 0.272 e. The van der Waals surface area contributed by atoms with Crippen molar-refractivity contribution in [1.82, 2.24) is 15.1 Å². The van der Waals surface area contributed by atoms with Gasteiger partial charge in [-0.15, -0.1) is 10.2 Å². The van der Waals surface area contributed by atoms with Gasteiger partial charge in [0.15, 0.2) is 0 Å². The van der Waals surface area contributed by atoms with Crippen LogP contribution in [0, 0.1) is 0 Å². The van der Waals surface area contributed by atoms with Gasteiger partial charge in [0, 0.05) is 5.92 Å². The Hall–Kier alpha value is -1.04.